The zero-order chi connectivity index (χ0) is 33.9. The first-order valence-electron chi connectivity index (χ1n) is 14.2. The molecule has 0 heterocycles. The number of amides is 2. The van der Waals surface area contributed by atoms with Crippen LogP contribution in [0, 0.1) is 0 Å². The van der Waals surface area contributed by atoms with Gasteiger partial charge in [-0.15, -0.1) is 5.11 Å². The Morgan fingerprint density at radius 1 is 0.766 bits per heavy atom. The molecule has 0 aromatic heterocycles. The van der Waals surface area contributed by atoms with Crippen LogP contribution in [-0.2, 0) is 20.7 Å². The number of esters is 1. The van der Waals surface area contributed by atoms with Crippen molar-refractivity contribution in [3.05, 3.63) is 102 Å². The maximum absolute atomic E-state index is 12.8. The molecule has 47 heavy (non-hydrogen) atoms. The highest BCUT2D eigenvalue weighted by atomic mass is 16.5. The second-order valence-electron chi connectivity index (χ2n) is 9.99. The average Bonchev–Trinajstić information content (AvgIpc) is 3.05. The van der Waals surface area contributed by atoms with Gasteiger partial charge in [-0.1, -0.05) is 6.07 Å². The number of hydrogen-bond acceptors (Lipinski definition) is 11. The quantitative estimate of drug-likeness (QED) is 0.0852. The number of azo groups is 2. The summed E-state index contributed by atoms with van der Waals surface area (Å²) in [7, 11) is 0. The molecule has 5 N–H and O–H groups in total. The van der Waals surface area contributed by atoms with Crippen molar-refractivity contribution in [2.75, 3.05) is 11.9 Å². The fraction of sp³-hybridized carbons (Fsp3) is 0.152. The molecule has 1 unspecified atom stereocenters. The Balaban J connectivity index is 1.36. The summed E-state index contributed by atoms with van der Waals surface area (Å²) in [5, 5.41) is 50.6. The molecule has 1 atom stereocenters. The number of phenolic OH excluding ortho intramolecular Hbond substituents is 1. The van der Waals surface area contributed by atoms with Crippen LogP contribution in [0.1, 0.15) is 40.1 Å². The van der Waals surface area contributed by atoms with E-state index < -0.39 is 18.0 Å². The van der Waals surface area contributed by atoms with E-state index in [0.717, 1.165) is 0 Å². The van der Waals surface area contributed by atoms with Gasteiger partial charge < -0.3 is 30.7 Å². The zero-order valence-corrected chi connectivity index (χ0v) is 25.2. The Hall–Kier alpha value is -6.44. The van der Waals surface area contributed by atoms with Crippen molar-refractivity contribution in [1.29, 1.82) is 0 Å². The summed E-state index contributed by atoms with van der Waals surface area (Å²) in [6.45, 7) is 3.13. The molecule has 4 rings (SSSR count). The monoisotopic (exact) mass is 638 g/mol. The van der Waals surface area contributed by atoms with Crippen LogP contribution >= 0.6 is 0 Å². The summed E-state index contributed by atoms with van der Waals surface area (Å²) in [6, 6.07) is 20.3. The highest BCUT2D eigenvalue weighted by molar-refractivity contribution is 6.04. The van der Waals surface area contributed by atoms with Gasteiger partial charge in [-0.3, -0.25) is 9.59 Å². The van der Waals surface area contributed by atoms with E-state index in [1.165, 1.54) is 31.2 Å². The molecule has 0 aliphatic heterocycles. The molecular formula is C33H30N6O8. The average molecular weight is 639 g/mol. The Labute approximate surface area is 268 Å². The lowest BCUT2D eigenvalue weighted by Crippen LogP contribution is -2.42. The topological polar surface area (TPSA) is 212 Å². The number of carbonyl (C=O) groups is 4. The Bertz CT molecular complexity index is 1840. The van der Waals surface area contributed by atoms with Crippen LogP contribution in [0.3, 0.4) is 0 Å². The van der Waals surface area contributed by atoms with Crippen LogP contribution in [0.2, 0.25) is 0 Å². The number of anilines is 1. The number of carboxylic acid groups (broad SMARTS) is 1. The second-order valence-corrected chi connectivity index (χ2v) is 9.99. The number of aromatic carboxylic acids is 1. The molecule has 14 nitrogen and oxygen atoms in total. The van der Waals surface area contributed by atoms with Crippen molar-refractivity contribution in [2.45, 2.75) is 26.3 Å². The summed E-state index contributed by atoms with van der Waals surface area (Å²) in [5.74, 6) is -3.14. The highest BCUT2D eigenvalue weighted by Crippen LogP contribution is 2.30. The highest BCUT2D eigenvalue weighted by Gasteiger charge is 2.21. The number of carboxylic acids is 1. The number of benzene rings is 4. The molecule has 0 aliphatic rings. The fourth-order valence-electron chi connectivity index (χ4n) is 4.17. The first-order chi connectivity index (χ1) is 22.5. The summed E-state index contributed by atoms with van der Waals surface area (Å²) in [4.78, 5) is 47.7. The second kappa shape index (κ2) is 15.5. The van der Waals surface area contributed by atoms with Crippen LogP contribution in [0.25, 0.3) is 0 Å². The molecule has 0 radical (unpaired) electrons. The maximum Gasteiger partial charge on any atom is 0.339 e. The van der Waals surface area contributed by atoms with Crippen molar-refractivity contribution in [3.63, 3.8) is 0 Å². The predicted molar refractivity (Wildman–Crippen MR) is 170 cm³/mol. The predicted octanol–water partition coefficient (Wildman–Crippen LogP) is 6.49. The van der Waals surface area contributed by atoms with E-state index >= 15 is 0 Å². The van der Waals surface area contributed by atoms with Crippen molar-refractivity contribution >= 4 is 52.2 Å². The van der Waals surface area contributed by atoms with E-state index in [0.29, 0.717) is 28.2 Å². The summed E-state index contributed by atoms with van der Waals surface area (Å²) < 4.78 is 5.04. The van der Waals surface area contributed by atoms with Crippen molar-refractivity contribution in [2.24, 2.45) is 20.5 Å². The molecule has 0 fully saturated rings. The van der Waals surface area contributed by atoms with E-state index in [1.54, 1.807) is 67.6 Å². The minimum atomic E-state index is -1.29. The Morgan fingerprint density at radius 2 is 1.36 bits per heavy atom. The number of nitrogens with one attached hydrogen (secondary N) is 2. The SMILES string of the molecule is CCOC(=O)C(Cc1ccc(O)c(N=Nc2ccc(NC(=O)c3ccc(N=Nc4ccc(O)c(C(=O)O)c4)cc3)cc2)c1)NC(C)=O. The minimum Gasteiger partial charge on any atom is -0.507 e. The largest absolute Gasteiger partial charge is 0.507 e. The normalized spacial score (nSPS) is 11.7. The van der Waals surface area contributed by atoms with E-state index in [2.05, 4.69) is 31.1 Å². The molecule has 2 amide bonds. The zero-order valence-electron chi connectivity index (χ0n) is 25.2. The lowest BCUT2D eigenvalue weighted by Gasteiger charge is -2.16. The van der Waals surface area contributed by atoms with Crippen molar-refractivity contribution in [1.82, 2.24) is 5.32 Å². The van der Waals surface area contributed by atoms with Gasteiger partial charge in [0.1, 0.15) is 28.8 Å². The molecule has 0 bridgehead atoms. The lowest BCUT2D eigenvalue weighted by molar-refractivity contribution is -0.147. The van der Waals surface area contributed by atoms with Gasteiger partial charge in [-0.2, -0.15) is 15.3 Å². The third-order valence-corrected chi connectivity index (χ3v) is 6.45. The number of phenols is 2. The van der Waals surface area contributed by atoms with E-state index in [4.69, 9.17) is 9.84 Å². The number of carbonyl (C=O) groups excluding carboxylic acids is 3. The third-order valence-electron chi connectivity index (χ3n) is 6.45. The van der Waals surface area contributed by atoms with Gasteiger partial charge in [0.2, 0.25) is 5.91 Å². The number of ether oxygens (including phenoxy) is 1. The fourth-order valence-corrected chi connectivity index (χ4v) is 4.17. The number of rotatable bonds is 12. The van der Waals surface area contributed by atoms with Crippen molar-refractivity contribution < 1.29 is 39.2 Å². The lowest BCUT2D eigenvalue weighted by atomic mass is 10.0. The molecular weight excluding hydrogens is 608 g/mol. The smallest absolute Gasteiger partial charge is 0.339 e. The van der Waals surface area contributed by atoms with Gasteiger partial charge >= 0.3 is 11.9 Å². The van der Waals surface area contributed by atoms with Crippen molar-refractivity contribution in [3.8, 4) is 11.5 Å². The molecule has 0 saturated heterocycles. The van der Waals surface area contributed by atoms with Crippen LogP contribution in [0.5, 0.6) is 11.5 Å². The Morgan fingerprint density at radius 3 is 2.00 bits per heavy atom. The molecule has 14 heteroatoms. The number of aromatic hydroxyl groups is 2. The van der Waals surface area contributed by atoms with Gasteiger partial charge in [0.15, 0.2) is 0 Å². The van der Waals surface area contributed by atoms with Crippen LogP contribution in [0.4, 0.5) is 28.4 Å². The first kappa shape index (κ1) is 33.5. The molecule has 0 spiro atoms. The molecule has 0 aliphatic carbocycles. The van der Waals surface area contributed by atoms with E-state index in [-0.39, 0.29) is 53.3 Å². The van der Waals surface area contributed by atoms with Gasteiger partial charge in [0.25, 0.3) is 5.91 Å². The van der Waals surface area contributed by atoms with Gasteiger partial charge in [0, 0.05) is 24.6 Å². The number of nitrogens with zero attached hydrogens (tertiary/aromatic N) is 4. The molecule has 0 saturated carbocycles. The first-order valence-corrected chi connectivity index (χ1v) is 14.2. The van der Waals surface area contributed by atoms with E-state index in [9.17, 15) is 29.4 Å². The van der Waals surface area contributed by atoms with Crippen LogP contribution < -0.4 is 10.6 Å². The third kappa shape index (κ3) is 9.52. The molecule has 4 aromatic carbocycles. The van der Waals surface area contributed by atoms with Gasteiger partial charge in [-0.05, 0) is 91.3 Å². The van der Waals surface area contributed by atoms with E-state index in [1.807, 2.05) is 0 Å². The molecule has 4 aromatic rings. The van der Waals surface area contributed by atoms with Gasteiger partial charge in [-0.25, -0.2) is 9.59 Å². The molecule has 240 valence electrons. The summed E-state index contributed by atoms with van der Waals surface area (Å²) in [5.41, 5.74) is 2.41. The minimum absolute atomic E-state index is 0.123. The summed E-state index contributed by atoms with van der Waals surface area (Å²) >= 11 is 0. The number of hydrogen-bond donors (Lipinski definition) is 5. The summed E-state index contributed by atoms with van der Waals surface area (Å²) in [6.07, 6.45) is 0.123. The van der Waals surface area contributed by atoms with Gasteiger partial charge in [0.05, 0.1) is 23.7 Å². The standard InChI is InChI=1S/C33H30N6O8/c1-3-47-33(46)28(34-19(2)40)17-20-4-14-30(42)27(16-20)39-37-24-11-9-22(10-12-24)35-31(43)21-5-7-23(8-6-21)36-38-25-13-15-29(41)26(18-25)32(44)45/h4-16,18,28,41-42H,3,17H2,1-2H3,(H,34,40)(H,35,43)(H,44,45). The maximum atomic E-state index is 12.8. The van der Waals surface area contributed by atoms with Crippen LogP contribution in [0.15, 0.2) is 105 Å². The van der Waals surface area contributed by atoms with Crippen LogP contribution in [-0.4, -0.2) is 51.7 Å². The Kier molecular flexibility index (Phi) is 11.0.